The zero-order valence-corrected chi connectivity index (χ0v) is 15.5. The van der Waals surface area contributed by atoms with Crippen LogP contribution in [0.1, 0.15) is 12.0 Å². The number of halogens is 1. The molecule has 1 amide bonds. The number of nitrogens with one attached hydrogen (secondary N) is 1. The van der Waals surface area contributed by atoms with Crippen molar-refractivity contribution in [1.82, 2.24) is 10.2 Å². The van der Waals surface area contributed by atoms with Gasteiger partial charge < -0.3 is 15.0 Å². The standard InChI is InChI=1S/C19H23BrN2O2/c1-22(14-16-6-3-2-4-7-16)13-5-12-21-19(23)15-24-18-10-8-17(20)9-11-18/h2-4,6-11H,5,12-15H2,1H3,(H,21,23). The quantitative estimate of drug-likeness (QED) is 0.666. The molecule has 0 aliphatic rings. The minimum atomic E-state index is -0.0939. The Hall–Kier alpha value is -1.85. The van der Waals surface area contributed by atoms with E-state index in [1.165, 1.54) is 5.56 Å². The van der Waals surface area contributed by atoms with Crippen molar-refractivity contribution in [2.45, 2.75) is 13.0 Å². The Kier molecular flexibility index (Phi) is 7.79. The molecule has 0 aliphatic carbocycles. The Labute approximate surface area is 151 Å². The third-order valence-electron chi connectivity index (χ3n) is 3.52. The summed E-state index contributed by atoms with van der Waals surface area (Å²) in [5, 5.41) is 2.88. The van der Waals surface area contributed by atoms with Gasteiger partial charge in [-0.2, -0.15) is 0 Å². The van der Waals surface area contributed by atoms with E-state index in [1.54, 1.807) is 0 Å². The molecule has 0 unspecified atom stereocenters. The maximum absolute atomic E-state index is 11.8. The molecule has 2 aromatic carbocycles. The van der Waals surface area contributed by atoms with Crippen molar-refractivity contribution in [1.29, 1.82) is 0 Å². The summed E-state index contributed by atoms with van der Waals surface area (Å²) in [7, 11) is 2.09. The van der Waals surface area contributed by atoms with Crippen molar-refractivity contribution in [3.05, 3.63) is 64.6 Å². The number of nitrogens with zero attached hydrogens (tertiary/aromatic N) is 1. The van der Waals surface area contributed by atoms with Gasteiger partial charge in [0.25, 0.3) is 5.91 Å². The third-order valence-corrected chi connectivity index (χ3v) is 4.05. The fourth-order valence-corrected chi connectivity index (χ4v) is 2.55. The molecule has 1 N–H and O–H groups in total. The van der Waals surface area contributed by atoms with Crippen LogP contribution in [0.3, 0.4) is 0 Å². The maximum atomic E-state index is 11.8. The molecule has 0 radical (unpaired) electrons. The molecule has 0 saturated heterocycles. The van der Waals surface area contributed by atoms with Crippen LogP contribution in [-0.2, 0) is 11.3 Å². The fourth-order valence-electron chi connectivity index (χ4n) is 2.28. The van der Waals surface area contributed by atoms with Crippen LogP contribution in [0.5, 0.6) is 5.75 Å². The van der Waals surface area contributed by atoms with Crippen LogP contribution in [0.15, 0.2) is 59.1 Å². The van der Waals surface area contributed by atoms with Gasteiger partial charge in [0.15, 0.2) is 6.61 Å². The number of ether oxygens (including phenoxy) is 1. The van der Waals surface area contributed by atoms with E-state index in [1.807, 2.05) is 30.3 Å². The maximum Gasteiger partial charge on any atom is 0.257 e. The third kappa shape index (κ3) is 7.15. The number of carbonyl (C=O) groups is 1. The van der Waals surface area contributed by atoms with E-state index in [0.29, 0.717) is 12.3 Å². The first-order valence-corrected chi connectivity index (χ1v) is 8.80. The Balaban J connectivity index is 1.56. The van der Waals surface area contributed by atoms with E-state index in [2.05, 4.69) is 57.5 Å². The molecule has 24 heavy (non-hydrogen) atoms. The molecule has 2 aromatic rings. The predicted octanol–water partition coefficient (Wildman–Crippen LogP) is 3.47. The molecule has 0 aliphatic heterocycles. The zero-order chi connectivity index (χ0) is 17.2. The van der Waals surface area contributed by atoms with Crippen LogP contribution in [0.2, 0.25) is 0 Å². The highest BCUT2D eigenvalue weighted by Crippen LogP contribution is 2.15. The van der Waals surface area contributed by atoms with Gasteiger partial charge in [-0.3, -0.25) is 4.79 Å². The molecule has 0 spiro atoms. The van der Waals surface area contributed by atoms with Crippen molar-refractivity contribution in [3.8, 4) is 5.75 Å². The summed E-state index contributed by atoms with van der Waals surface area (Å²) in [4.78, 5) is 14.0. The van der Waals surface area contributed by atoms with Gasteiger partial charge in [-0.25, -0.2) is 0 Å². The second-order valence-corrected chi connectivity index (χ2v) is 6.59. The number of carbonyl (C=O) groups excluding carboxylic acids is 1. The monoisotopic (exact) mass is 390 g/mol. The lowest BCUT2D eigenvalue weighted by Crippen LogP contribution is -2.31. The molecular weight excluding hydrogens is 368 g/mol. The number of rotatable bonds is 9. The topological polar surface area (TPSA) is 41.6 Å². The van der Waals surface area contributed by atoms with Crippen molar-refractivity contribution < 1.29 is 9.53 Å². The summed E-state index contributed by atoms with van der Waals surface area (Å²) in [6.45, 7) is 2.55. The summed E-state index contributed by atoms with van der Waals surface area (Å²) in [5.74, 6) is 0.597. The molecule has 0 aromatic heterocycles. The highest BCUT2D eigenvalue weighted by atomic mass is 79.9. The highest BCUT2D eigenvalue weighted by Gasteiger charge is 2.04. The van der Waals surface area contributed by atoms with Crippen LogP contribution in [-0.4, -0.2) is 37.6 Å². The summed E-state index contributed by atoms with van der Waals surface area (Å²) in [6.07, 6.45) is 0.910. The van der Waals surface area contributed by atoms with E-state index < -0.39 is 0 Å². The van der Waals surface area contributed by atoms with Crippen molar-refractivity contribution in [2.75, 3.05) is 26.7 Å². The van der Waals surface area contributed by atoms with Gasteiger partial charge in [-0.05, 0) is 49.8 Å². The van der Waals surface area contributed by atoms with Crippen LogP contribution >= 0.6 is 15.9 Å². The van der Waals surface area contributed by atoms with Gasteiger partial charge in [0.1, 0.15) is 5.75 Å². The molecular formula is C19H23BrN2O2. The van der Waals surface area contributed by atoms with Crippen molar-refractivity contribution >= 4 is 21.8 Å². The second kappa shape index (κ2) is 10.1. The zero-order valence-electron chi connectivity index (χ0n) is 13.9. The lowest BCUT2D eigenvalue weighted by molar-refractivity contribution is -0.123. The minimum absolute atomic E-state index is 0.0431. The van der Waals surface area contributed by atoms with Gasteiger partial charge in [0.2, 0.25) is 0 Å². The van der Waals surface area contributed by atoms with E-state index >= 15 is 0 Å². The van der Waals surface area contributed by atoms with E-state index in [-0.39, 0.29) is 12.5 Å². The summed E-state index contributed by atoms with van der Waals surface area (Å²) in [5.41, 5.74) is 1.30. The first-order valence-electron chi connectivity index (χ1n) is 8.01. The summed E-state index contributed by atoms with van der Waals surface area (Å²) in [6, 6.07) is 17.8. The molecule has 128 valence electrons. The number of hydrogen-bond donors (Lipinski definition) is 1. The molecule has 0 fully saturated rings. The van der Waals surface area contributed by atoms with Gasteiger partial charge in [-0.15, -0.1) is 0 Å². The molecule has 0 atom stereocenters. The second-order valence-electron chi connectivity index (χ2n) is 5.67. The number of benzene rings is 2. The lowest BCUT2D eigenvalue weighted by atomic mass is 10.2. The molecule has 2 rings (SSSR count). The van der Waals surface area contributed by atoms with Gasteiger partial charge >= 0.3 is 0 Å². The Bertz CT molecular complexity index is 617. The molecule has 4 nitrogen and oxygen atoms in total. The fraction of sp³-hybridized carbons (Fsp3) is 0.316. The van der Waals surface area contributed by atoms with Crippen LogP contribution in [0.4, 0.5) is 0 Å². The first kappa shape index (κ1) is 18.5. The SMILES string of the molecule is CN(CCCNC(=O)COc1ccc(Br)cc1)Cc1ccccc1. The normalized spacial score (nSPS) is 10.6. The van der Waals surface area contributed by atoms with E-state index in [4.69, 9.17) is 4.74 Å². The lowest BCUT2D eigenvalue weighted by Gasteiger charge is -2.16. The molecule has 0 bridgehead atoms. The van der Waals surface area contributed by atoms with Crippen LogP contribution < -0.4 is 10.1 Å². The largest absolute Gasteiger partial charge is 0.484 e. The van der Waals surface area contributed by atoms with E-state index in [0.717, 1.165) is 24.0 Å². The summed E-state index contributed by atoms with van der Waals surface area (Å²) >= 11 is 3.36. The Morgan fingerprint density at radius 1 is 1.12 bits per heavy atom. The Morgan fingerprint density at radius 2 is 1.83 bits per heavy atom. The average Bonchev–Trinajstić information content (AvgIpc) is 2.59. The van der Waals surface area contributed by atoms with Gasteiger partial charge in [-0.1, -0.05) is 46.3 Å². The molecule has 5 heteroatoms. The van der Waals surface area contributed by atoms with Gasteiger partial charge in [0.05, 0.1) is 0 Å². The first-order chi connectivity index (χ1) is 11.6. The van der Waals surface area contributed by atoms with Crippen LogP contribution in [0, 0.1) is 0 Å². The average molecular weight is 391 g/mol. The number of amides is 1. The molecule has 0 saturated carbocycles. The Morgan fingerprint density at radius 3 is 2.54 bits per heavy atom. The number of hydrogen-bond acceptors (Lipinski definition) is 3. The van der Waals surface area contributed by atoms with Crippen molar-refractivity contribution in [3.63, 3.8) is 0 Å². The minimum Gasteiger partial charge on any atom is -0.484 e. The molecule has 0 heterocycles. The smallest absolute Gasteiger partial charge is 0.257 e. The predicted molar refractivity (Wildman–Crippen MR) is 100 cm³/mol. The van der Waals surface area contributed by atoms with Crippen LogP contribution in [0.25, 0.3) is 0 Å². The van der Waals surface area contributed by atoms with E-state index in [9.17, 15) is 4.79 Å². The van der Waals surface area contributed by atoms with Gasteiger partial charge in [0, 0.05) is 17.6 Å². The summed E-state index contributed by atoms with van der Waals surface area (Å²) < 4.78 is 6.42. The highest BCUT2D eigenvalue weighted by molar-refractivity contribution is 9.10. The van der Waals surface area contributed by atoms with Crippen molar-refractivity contribution in [2.24, 2.45) is 0 Å².